The van der Waals surface area contributed by atoms with Gasteiger partial charge in [0.15, 0.2) is 0 Å². The Bertz CT molecular complexity index is 938. The molecule has 0 radical (unpaired) electrons. The van der Waals surface area contributed by atoms with Gasteiger partial charge in [-0.2, -0.15) is 0 Å². The van der Waals surface area contributed by atoms with E-state index in [4.69, 9.17) is 0 Å². The van der Waals surface area contributed by atoms with Crippen LogP contribution in [0.1, 0.15) is 37.1 Å². The Morgan fingerprint density at radius 3 is 2.52 bits per heavy atom. The molecule has 1 aliphatic rings. The quantitative estimate of drug-likeness (QED) is 0.769. The van der Waals surface area contributed by atoms with Crippen LogP contribution >= 0.6 is 0 Å². The van der Waals surface area contributed by atoms with Crippen molar-refractivity contribution in [3.63, 3.8) is 0 Å². The van der Waals surface area contributed by atoms with Crippen molar-refractivity contribution in [3.8, 4) is 5.75 Å². The van der Waals surface area contributed by atoms with Gasteiger partial charge in [0, 0.05) is 19.5 Å². The summed E-state index contributed by atoms with van der Waals surface area (Å²) in [7, 11) is 0. The number of para-hydroxylation sites is 2. The van der Waals surface area contributed by atoms with E-state index in [2.05, 4.69) is 16.5 Å². The largest absolute Gasteiger partial charge is 0.508 e. The number of carbonyl (C=O) groups excluding carboxylic acids is 1. The molecule has 1 aliphatic heterocycles. The van der Waals surface area contributed by atoms with Crippen LogP contribution in [0.15, 0.2) is 48.5 Å². The second kappa shape index (κ2) is 7.43. The Balaban J connectivity index is 1.44. The third kappa shape index (κ3) is 3.54. The van der Waals surface area contributed by atoms with E-state index < -0.39 is 0 Å². The molecule has 2 aromatic carbocycles. The Labute approximate surface area is 159 Å². The summed E-state index contributed by atoms with van der Waals surface area (Å²) in [5.74, 6) is 1.88. The van der Waals surface area contributed by atoms with E-state index in [1.807, 2.05) is 41.3 Å². The first kappa shape index (κ1) is 17.6. The fraction of sp³-hybridized carbons (Fsp3) is 0.364. The molecule has 0 unspecified atom stereocenters. The zero-order chi connectivity index (χ0) is 18.8. The summed E-state index contributed by atoms with van der Waals surface area (Å²) in [6.45, 7) is 3.98. The van der Waals surface area contributed by atoms with Gasteiger partial charge in [-0.25, -0.2) is 4.98 Å². The minimum atomic E-state index is 0.164. The average Bonchev–Trinajstić information content (AvgIpc) is 3.06. The SMILES string of the molecule is CCc1nc2ccccc2n1CC(=O)N1CCC(c2ccc(O)cc2)CC1. The lowest BCUT2D eigenvalue weighted by atomic mass is 9.89. The van der Waals surface area contributed by atoms with Crippen LogP contribution in [0.2, 0.25) is 0 Å². The third-order valence-electron chi connectivity index (χ3n) is 5.56. The summed E-state index contributed by atoms with van der Waals surface area (Å²) in [6, 6.07) is 15.5. The first-order chi connectivity index (χ1) is 13.2. The molecule has 0 atom stereocenters. The van der Waals surface area contributed by atoms with E-state index in [0.29, 0.717) is 18.2 Å². The van der Waals surface area contributed by atoms with Crippen LogP contribution in [0.5, 0.6) is 5.75 Å². The molecule has 27 heavy (non-hydrogen) atoms. The van der Waals surface area contributed by atoms with Gasteiger partial charge in [0.2, 0.25) is 5.91 Å². The van der Waals surface area contributed by atoms with Crippen LogP contribution in [0.25, 0.3) is 11.0 Å². The monoisotopic (exact) mass is 363 g/mol. The first-order valence-electron chi connectivity index (χ1n) is 9.66. The topological polar surface area (TPSA) is 58.4 Å². The number of phenolic OH excluding ortho intramolecular Hbond substituents is 1. The molecular weight excluding hydrogens is 338 g/mol. The molecule has 1 fully saturated rings. The Morgan fingerprint density at radius 1 is 1.11 bits per heavy atom. The van der Waals surface area contributed by atoms with E-state index in [1.54, 1.807) is 12.1 Å². The Morgan fingerprint density at radius 2 is 1.81 bits per heavy atom. The Kier molecular flexibility index (Phi) is 4.84. The zero-order valence-electron chi connectivity index (χ0n) is 15.6. The molecule has 1 amide bonds. The van der Waals surface area contributed by atoms with Crippen molar-refractivity contribution in [2.75, 3.05) is 13.1 Å². The molecule has 140 valence electrons. The van der Waals surface area contributed by atoms with Crippen LogP contribution < -0.4 is 0 Å². The van der Waals surface area contributed by atoms with Crippen molar-refractivity contribution in [3.05, 3.63) is 59.9 Å². The molecular formula is C22H25N3O2. The number of nitrogens with zero attached hydrogens (tertiary/aromatic N) is 3. The fourth-order valence-corrected chi connectivity index (χ4v) is 4.02. The highest BCUT2D eigenvalue weighted by Gasteiger charge is 2.24. The van der Waals surface area contributed by atoms with Crippen molar-refractivity contribution in [2.24, 2.45) is 0 Å². The highest BCUT2D eigenvalue weighted by Crippen LogP contribution is 2.29. The molecule has 0 spiro atoms. The molecule has 0 saturated carbocycles. The number of amides is 1. The lowest BCUT2D eigenvalue weighted by Crippen LogP contribution is -2.39. The predicted molar refractivity (Wildman–Crippen MR) is 106 cm³/mol. The van der Waals surface area contributed by atoms with Gasteiger partial charge in [-0.05, 0) is 48.6 Å². The minimum absolute atomic E-state index is 0.164. The van der Waals surface area contributed by atoms with Crippen molar-refractivity contribution in [1.82, 2.24) is 14.5 Å². The normalized spacial score (nSPS) is 15.4. The molecule has 1 N–H and O–H groups in total. The summed E-state index contributed by atoms with van der Waals surface area (Å²) in [4.78, 5) is 19.5. The molecule has 3 aromatic rings. The number of piperidine rings is 1. The van der Waals surface area contributed by atoms with Gasteiger partial charge in [-0.1, -0.05) is 31.2 Å². The molecule has 5 heteroatoms. The van der Waals surface area contributed by atoms with E-state index in [0.717, 1.165) is 49.2 Å². The summed E-state index contributed by atoms with van der Waals surface area (Å²) in [5.41, 5.74) is 3.23. The van der Waals surface area contributed by atoms with E-state index >= 15 is 0 Å². The maximum absolute atomic E-state index is 12.9. The van der Waals surface area contributed by atoms with Crippen molar-refractivity contribution in [1.29, 1.82) is 0 Å². The maximum atomic E-state index is 12.9. The molecule has 1 aromatic heterocycles. The number of carbonyl (C=O) groups is 1. The number of rotatable bonds is 4. The smallest absolute Gasteiger partial charge is 0.242 e. The highest BCUT2D eigenvalue weighted by molar-refractivity contribution is 5.81. The van der Waals surface area contributed by atoms with Crippen molar-refractivity contribution >= 4 is 16.9 Å². The molecule has 0 bridgehead atoms. The average molecular weight is 363 g/mol. The maximum Gasteiger partial charge on any atom is 0.242 e. The number of aryl methyl sites for hydroxylation is 1. The summed E-state index contributed by atoms with van der Waals surface area (Å²) in [6.07, 6.45) is 2.73. The van der Waals surface area contributed by atoms with Gasteiger partial charge < -0.3 is 14.6 Å². The number of benzene rings is 2. The summed E-state index contributed by atoms with van der Waals surface area (Å²) < 4.78 is 2.06. The second-order valence-electron chi connectivity index (χ2n) is 7.20. The van der Waals surface area contributed by atoms with E-state index in [9.17, 15) is 9.90 Å². The minimum Gasteiger partial charge on any atom is -0.508 e. The summed E-state index contributed by atoms with van der Waals surface area (Å²) in [5, 5.41) is 9.45. The van der Waals surface area contributed by atoms with E-state index in [-0.39, 0.29) is 5.91 Å². The number of imidazole rings is 1. The molecule has 1 saturated heterocycles. The van der Waals surface area contributed by atoms with Crippen molar-refractivity contribution < 1.29 is 9.90 Å². The van der Waals surface area contributed by atoms with Gasteiger partial charge in [0.05, 0.1) is 11.0 Å². The van der Waals surface area contributed by atoms with Crippen LogP contribution in [0.3, 0.4) is 0 Å². The van der Waals surface area contributed by atoms with Crippen LogP contribution in [0, 0.1) is 0 Å². The molecule has 0 aliphatic carbocycles. The highest BCUT2D eigenvalue weighted by atomic mass is 16.3. The molecule has 4 rings (SSSR count). The first-order valence-corrected chi connectivity index (χ1v) is 9.66. The summed E-state index contributed by atoms with van der Waals surface area (Å²) >= 11 is 0. The van der Waals surface area contributed by atoms with Gasteiger partial charge >= 0.3 is 0 Å². The lowest BCUT2D eigenvalue weighted by Gasteiger charge is -2.32. The van der Waals surface area contributed by atoms with Gasteiger partial charge in [0.1, 0.15) is 18.1 Å². The van der Waals surface area contributed by atoms with Crippen LogP contribution in [-0.4, -0.2) is 38.6 Å². The number of aromatic nitrogens is 2. The predicted octanol–water partition coefficient (Wildman–Crippen LogP) is 3.71. The van der Waals surface area contributed by atoms with Gasteiger partial charge in [0.25, 0.3) is 0 Å². The number of aromatic hydroxyl groups is 1. The number of likely N-dealkylation sites (tertiary alicyclic amines) is 1. The van der Waals surface area contributed by atoms with Crippen LogP contribution in [0.4, 0.5) is 0 Å². The standard InChI is InChI=1S/C22H25N3O2/c1-2-21-23-19-5-3-4-6-20(19)25(21)15-22(27)24-13-11-17(12-14-24)16-7-9-18(26)10-8-16/h3-10,17,26H,2,11-15H2,1H3. The third-order valence-corrected chi connectivity index (χ3v) is 5.56. The number of fused-ring (bicyclic) bond motifs is 1. The van der Waals surface area contributed by atoms with Gasteiger partial charge in [-0.15, -0.1) is 0 Å². The zero-order valence-corrected chi connectivity index (χ0v) is 15.6. The number of hydrogen-bond donors (Lipinski definition) is 1. The second-order valence-corrected chi connectivity index (χ2v) is 7.20. The van der Waals surface area contributed by atoms with Gasteiger partial charge in [-0.3, -0.25) is 4.79 Å². The fourth-order valence-electron chi connectivity index (χ4n) is 4.02. The number of hydrogen-bond acceptors (Lipinski definition) is 3. The van der Waals surface area contributed by atoms with Crippen molar-refractivity contribution in [2.45, 2.75) is 38.6 Å². The van der Waals surface area contributed by atoms with Crippen LogP contribution in [-0.2, 0) is 17.8 Å². The lowest BCUT2D eigenvalue weighted by molar-refractivity contribution is -0.132. The number of phenols is 1. The van der Waals surface area contributed by atoms with E-state index in [1.165, 1.54) is 5.56 Å². The Hall–Kier alpha value is -2.82. The molecule has 2 heterocycles. The molecule has 5 nitrogen and oxygen atoms in total.